The Labute approximate surface area is 93.5 Å². The molecule has 84 valence electrons. The van der Waals surface area contributed by atoms with E-state index in [1.807, 2.05) is 26.8 Å². The molecule has 0 aliphatic rings. The average Bonchev–Trinajstić information content (AvgIpc) is 2.73. The van der Waals surface area contributed by atoms with Gasteiger partial charge in [0.15, 0.2) is 6.33 Å². The first-order valence-electron chi connectivity index (χ1n) is 5.07. The van der Waals surface area contributed by atoms with Gasteiger partial charge in [-0.3, -0.25) is 0 Å². The topological polar surface area (TPSA) is 61.0 Å². The summed E-state index contributed by atoms with van der Waals surface area (Å²) in [4.78, 5) is 8.18. The van der Waals surface area contributed by atoms with Gasteiger partial charge in [0.1, 0.15) is 0 Å². The summed E-state index contributed by atoms with van der Waals surface area (Å²) in [6.45, 7) is 5.87. The van der Waals surface area contributed by atoms with Crippen molar-refractivity contribution >= 4 is 0 Å². The van der Waals surface area contributed by atoms with Crippen molar-refractivity contribution in [3.05, 3.63) is 24.2 Å². The normalized spacial score (nSPS) is 10.8. The van der Waals surface area contributed by atoms with Gasteiger partial charge in [0, 0.05) is 11.8 Å². The maximum absolute atomic E-state index is 5.54. The molecule has 0 saturated carbocycles. The van der Waals surface area contributed by atoms with E-state index in [2.05, 4.69) is 15.1 Å². The van der Waals surface area contributed by atoms with E-state index in [0.717, 1.165) is 11.1 Å². The predicted molar refractivity (Wildman–Crippen MR) is 58.0 cm³/mol. The highest BCUT2D eigenvalue weighted by atomic mass is 16.5. The second-order valence-corrected chi connectivity index (χ2v) is 3.76. The van der Waals surface area contributed by atoms with E-state index in [4.69, 9.17) is 9.26 Å². The average molecular weight is 219 g/mol. The van der Waals surface area contributed by atoms with Gasteiger partial charge < -0.3 is 9.26 Å². The number of ether oxygens (including phenoxy) is 1. The molecule has 0 bridgehead atoms. The molecule has 0 unspecified atom stereocenters. The van der Waals surface area contributed by atoms with Crippen molar-refractivity contribution in [2.45, 2.75) is 26.9 Å². The Balaban J connectivity index is 2.29. The first-order chi connectivity index (χ1) is 7.66. The van der Waals surface area contributed by atoms with E-state index in [0.29, 0.717) is 11.8 Å². The van der Waals surface area contributed by atoms with Crippen LogP contribution in [0.1, 0.15) is 19.4 Å². The Hall–Kier alpha value is -1.91. The van der Waals surface area contributed by atoms with E-state index < -0.39 is 0 Å². The van der Waals surface area contributed by atoms with Crippen LogP contribution in [0.3, 0.4) is 0 Å². The zero-order valence-electron chi connectivity index (χ0n) is 9.47. The minimum absolute atomic E-state index is 0.112. The SMILES string of the molecule is Cc1cc(-c2ncno2)cnc1OC(C)C. The summed E-state index contributed by atoms with van der Waals surface area (Å²) in [6.07, 6.45) is 3.14. The number of pyridine rings is 1. The fourth-order valence-corrected chi connectivity index (χ4v) is 1.33. The molecule has 2 aromatic heterocycles. The highest BCUT2D eigenvalue weighted by Crippen LogP contribution is 2.22. The molecule has 0 aliphatic carbocycles. The van der Waals surface area contributed by atoms with E-state index >= 15 is 0 Å². The number of nitrogens with zero attached hydrogens (tertiary/aromatic N) is 3. The summed E-state index contributed by atoms with van der Waals surface area (Å²) in [5.41, 5.74) is 1.75. The van der Waals surface area contributed by atoms with E-state index in [-0.39, 0.29) is 6.10 Å². The largest absolute Gasteiger partial charge is 0.475 e. The number of hydrogen-bond donors (Lipinski definition) is 0. The molecular formula is C11H13N3O2. The number of aromatic nitrogens is 3. The summed E-state index contributed by atoms with van der Waals surface area (Å²) < 4.78 is 10.5. The van der Waals surface area contributed by atoms with Gasteiger partial charge in [-0.2, -0.15) is 4.98 Å². The van der Waals surface area contributed by atoms with Gasteiger partial charge in [0.25, 0.3) is 5.89 Å². The minimum Gasteiger partial charge on any atom is -0.475 e. The molecular weight excluding hydrogens is 206 g/mol. The van der Waals surface area contributed by atoms with Crippen molar-refractivity contribution in [2.24, 2.45) is 0 Å². The zero-order chi connectivity index (χ0) is 11.5. The highest BCUT2D eigenvalue weighted by Gasteiger charge is 2.09. The van der Waals surface area contributed by atoms with Crippen LogP contribution in [0, 0.1) is 6.92 Å². The molecule has 0 atom stereocenters. The number of hydrogen-bond acceptors (Lipinski definition) is 5. The van der Waals surface area contributed by atoms with Crippen LogP contribution in [0.25, 0.3) is 11.5 Å². The molecule has 2 heterocycles. The lowest BCUT2D eigenvalue weighted by Crippen LogP contribution is -2.08. The van der Waals surface area contributed by atoms with Gasteiger partial charge in [-0.05, 0) is 26.8 Å². The molecule has 0 radical (unpaired) electrons. The van der Waals surface area contributed by atoms with Gasteiger partial charge >= 0.3 is 0 Å². The van der Waals surface area contributed by atoms with E-state index in [1.54, 1.807) is 6.20 Å². The Bertz CT molecular complexity index is 466. The summed E-state index contributed by atoms with van der Waals surface area (Å²) in [6, 6.07) is 1.91. The van der Waals surface area contributed by atoms with E-state index in [9.17, 15) is 0 Å². The standard InChI is InChI=1S/C11H13N3O2/c1-7(2)15-10-8(3)4-9(5-12-10)11-13-6-14-16-11/h4-7H,1-3H3. The summed E-state index contributed by atoms with van der Waals surface area (Å²) >= 11 is 0. The van der Waals surface area contributed by atoms with Crippen molar-refractivity contribution in [1.82, 2.24) is 15.1 Å². The smallest absolute Gasteiger partial charge is 0.259 e. The minimum atomic E-state index is 0.112. The quantitative estimate of drug-likeness (QED) is 0.792. The predicted octanol–water partition coefficient (Wildman–Crippen LogP) is 2.23. The summed E-state index contributed by atoms with van der Waals surface area (Å²) in [7, 11) is 0. The Morgan fingerprint density at radius 3 is 2.69 bits per heavy atom. The molecule has 2 aromatic rings. The second kappa shape index (κ2) is 4.30. The van der Waals surface area contributed by atoms with Crippen LogP contribution in [-0.2, 0) is 0 Å². The van der Waals surface area contributed by atoms with Crippen LogP contribution >= 0.6 is 0 Å². The van der Waals surface area contributed by atoms with Crippen LogP contribution in [0.15, 0.2) is 23.1 Å². The Morgan fingerprint density at radius 2 is 2.12 bits per heavy atom. The van der Waals surface area contributed by atoms with Crippen LogP contribution < -0.4 is 4.74 Å². The van der Waals surface area contributed by atoms with Gasteiger partial charge in [0.2, 0.25) is 5.88 Å². The summed E-state index contributed by atoms with van der Waals surface area (Å²) in [5.74, 6) is 1.10. The first-order valence-corrected chi connectivity index (χ1v) is 5.07. The van der Waals surface area contributed by atoms with Crippen LogP contribution in [-0.4, -0.2) is 21.2 Å². The van der Waals surface area contributed by atoms with Crippen LogP contribution in [0.5, 0.6) is 5.88 Å². The van der Waals surface area contributed by atoms with Crippen molar-refractivity contribution in [1.29, 1.82) is 0 Å². The van der Waals surface area contributed by atoms with Gasteiger partial charge in [-0.15, -0.1) is 0 Å². The monoisotopic (exact) mass is 219 g/mol. The van der Waals surface area contributed by atoms with Crippen molar-refractivity contribution in [2.75, 3.05) is 0 Å². The molecule has 0 aromatic carbocycles. The Morgan fingerprint density at radius 1 is 1.31 bits per heavy atom. The van der Waals surface area contributed by atoms with Gasteiger partial charge in [0.05, 0.1) is 11.7 Å². The van der Waals surface area contributed by atoms with Crippen molar-refractivity contribution < 1.29 is 9.26 Å². The molecule has 16 heavy (non-hydrogen) atoms. The third kappa shape index (κ3) is 2.18. The molecule has 0 aliphatic heterocycles. The van der Waals surface area contributed by atoms with Crippen LogP contribution in [0.2, 0.25) is 0 Å². The van der Waals surface area contributed by atoms with Crippen molar-refractivity contribution in [3.8, 4) is 17.3 Å². The third-order valence-electron chi connectivity index (χ3n) is 1.99. The lowest BCUT2D eigenvalue weighted by Gasteiger charge is -2.10. The summed E-state index contributed by atoms with van der Waals surface area (Å²) in [5, 5.41) is 3.55. The van der Waals surface area contributed by atoms with Gasteiger partial charge in [-0.1, -0.05) is 5.16 Å². The number of rotatable bonds is 3. The molecule has 0 fully saturated rings. The van der Waals surface area contributed by atoms with Crippen molar-refractivity contribution in [3.63, 3.8) is 0 Å². The maximum Gasteiger partial charge on any atom is 0.259 e. The molecule has 0 N–H and O–H groups in total. The fraction of sp³-hybridized carbons (Fsp3) is 0.364. The lowest BCUT2D eigenvalue weighted by atomic mass is 10.2. The Kier molecular flexibility index (Phi) is 2.85. The maximum atomic E-state index is 5.54. The van der Waals surface area contributed by atoms with E-state index in [1.165, 1.54) is 6.33 Å². The second-order valence-electron chi connectivity index (χ2n) is 3.76. The fourth-order valence-electron chi connectivity index (χ4n) is 1.33. The molecule has 0 amide bonds. The third-order valence-corrected chi connectivity index (χ3v) is 1.99. The first kappa shape index (κ1) is 10.6. The molecule has 5 nitrogen and oxygen atoms in total. The van der Waals surface area contributed by atoms with Crippen LogP contribution in [0.4, 0.5) is 0 Å². The molecule has 0 spiro atoms. The van der Waals surface area contributed by atoms with Gasteiger partial charge in [-0.25, -0.2) is 4.98 Å². The molecule has 2 rings (SSSR count). The lowest BCUT2D eigenvalue weighted by molar-refractivity contribution is 0.231. The number of aryl methyl sites for hydroxylation is 1. The zero-order valence-corrected chi connectivity index (χ0v) is 9.47. The highest BCUT2D eigenvalue weighted by molar-refractivity contribution is 5.53. The molecule has 5 heteroatoms. The molecule has 0 saturated heterocycles.